The summed E-state index contributed by atoms with van der Waals surface area (Å²) in [5, 5.41) is 4.05. The SMILES string of the molecule is C/C(=C/CCNC1CC1)Cc1cc(Cl)ccc1F. The number of rotatable bonds is 6. The molecule has 0 unspecified atom stereocenters. The molecule has 98 valence electrons. The predicted molar refractivity (Wildman–Crippen MR) is 74.5 cm³/mol. The minimum absolute atomic E-state index is 0.178. The number of halogens is 2. The maximum Gasteiger partial charge on any atom is 0.126 e. The molecule has 1 aromatic carbocycles. The number of hydrogen-bond donors (Lipinski definition) is 1. The minimum Gasteiger partial charge on any atom is -0.314 e. The highest BCUT2D eigenvalue weighted by molar-refractivity contribution is 6.30. The molecule has 0 spiro atoms. The van der Waals surface area contributed by atoms with Gasteiger partial charge in [0.15, 0.2) is 0 Å². The zero-order chi connectivity index (χ0) is 13.0. The van der Waals surface area contributed by atoms with Gasteiger partial charge >= 0.3 is 0 Å². The van der Waals surface area contributed by atoms with E-state index in [0.29, 0.717) is 17.0 Å². The third-order valence-corrected chi connectivity index (χ3v) is 3.36. The van der Waals surface area contributed by atoms with Gasteiger partial charge in [0, 0.05) is 11.1 Å². The molecule has 0 atom stereocenters. The fourth-order valence-corrected chi connectivity index (χ4v) is 2.14. The van der Waals surface area contributed by atoms with Gasteiger partial charge in [0.1, 0.15) is 5.82 Å². The van der Waals surface area contributed by atoms with Gasteiger partial charge < -0.3 is 5.32 Å². The van der Waals surface area contributed by atoms with Crippen LogP contribution in [0.3, 0.4) is 0 Å². The first-order valence-corrected chi connectivity index (χ1v) is 6.86. The van der Waals surface area contributed by atoms with Crippen molar-refractivity contribution in [1.82, 2.24) is 5.32 Å². The molecular formula is C15H19ClFN. The molecule has 1 aliphatic rings. The van der Waals surface area contributed by atoms with Crippen molar-refractivity contribution < 1.29 is 4.39 Å². The van der Waals surface area contributed by atoms with Crippen LogP contribution in [0.15, 0.2) is 29.8 Å². The first kappa shape index (κ1) is 13.6. The lowest BCUT2D eigenvalue weighted by Crippen LogP contribution is -2.16. The number of benzene rings is 1. The Hall–Kier alpha value is -0.860. The molecule has 1 aromatic rings. The van der Waals surface area contributed by atoms with Gasteiger partial charge in [0.25, 0.3) is 0 Å². The smallest absolute Gasteiger partial charge is 0.126 e. The third-order valence-electron chi connectivity index (χ3n) is 3.12. The van der Waals surface area contributed by atoms with Gasteiger partial charge in [-0.05, 0) is 62.9 Å². The summed E-state index contributed by atoms with van der Waals surface area (Å²) in [4.78, 5) is 0. The molecule has 0 heterocycles. The quantitative estimate of drug-likeness (QED) is 0.604. The summed E-state index contributed by atoms with van der Waals surface area (Å²) >= 11 is 5.87. The standard InChI is InChI=1S/C15H19ClFN/c1-11(3-2-8-18-14-5-6-14)9-12-10-13(16)4-7-15(12)17/h3-4,7,10,14,18H,2,5-6,8-9H2,1H3/b11-3-. The molecule has 0 saturated heterocycles. The van der Waals surface area contributed by atoms with Gasteiger partial charge in [-0.1, -0.05) is 23.3 Å². The van der Waals surface area contributed by atoms with Crippen LogP contribution < -0.4 is 5.32 Å². The van der Waals surface area contributed by atoms with Gasteiger partial charge in [-0.3, -0.25) is 0 Å². The molecule has 2 rings (SSSR count). The van der Waals surface area contributed by atoms with Crippen LogP contribution in [0.1, 0.15) is 31.7 Å². The van der Waals surface area contributed by atoms with Crippen LogP contribution in [0.4, 0.5) is 4.39 Å². The van der Waals surface area contributed by atoms with E-state index < -0.39 is 0 Å². The topological polar surface area (TPSA) is 12.0 Å². The van der Waals surface area contributed by atoms with Crippen LogP contribution in [0.25, 0.3) is 0 Å². The summed E-state index contributed by atoms with van der Waals surface area (Å²) < 4.78 is 13.5. The Morgan fingerprint density at radius 1 is 1.50 bits per heavy atom. The van der Waals surface area contributed by atoms with Crippen LogP contribution in [0, 0.1) is 5.82 Å². The zero-order valence-electron chi connectivity index (χ0n) is 10.7. The molecule has 18 heavy (non-hydrogen) atoms. The number of hydrogen-bond acceptors (Lipinski definition) is 1. The third kappa shape index (κ3) is 4.43. The molecule has 0 aromatic heterocycles. The Balaban J connectivity index is 1.82. The van der Waals surface area contributed by atoms with Crippen molar-refractivity contribution >= 4 is 11.6 Å². The van der Waals surface area contributed by atoms with Crippen molar-refractivity contribution in [2.24, 2.45) is 0 Å². The normalized spacial score (nSPS) is 16.1. The zero-order valence-corrected chi connectivity index (χ0v) is 11.4. The minimum atomic E-state index is -0.178. The van der Waals surface area contributed by atoms with E-state index >= 15 is 0 Å². The van der Waals surface area contributed by atoms with Crippen LogP contribution in [-0.4, -0.2) is 12.6 Å². The van der Waals surface area contributed by atoms with Gasteiger partial charge in [-0.2, -0.15) is 0 Å². The van der Waals surface area contributed by atoms with E-state index in [1.54, 1.807) is 12.1 Å². The molecule has 0 bridgehead atoms. The van der Waals surface area contributed by atoms with Crippen molar-refractivity contribution in [2.45, 2.75) is 38.6 Å². The van der Waals surface area contributed by atoms with Crippen LogP contribution in [-0.2, 0) is 6.42 Å². The van der Waals surface area contributed by atoms with E-state index in [1.807, 2.05) is 6.92 Å². The molecule has 1 nitrogen and oxygen atoms in total. The number of nitrogens with one attached hydrogen (secondary N) is 1. The van der Waals surface area contributed by atoms with Gasteiger partial charge in [0.05, 0.1) is 0 Å². The van der Waals surface area contributed by atoms with Gasteiger partial charge in [-0.15, -0.1) is 0 Å². The molecule has 3 heteroatoms. The predicted octanol–water partition coefficient (Wildman–Crippen LogP) is 4.11. The summed E-state index contributed by atoms with van der Waals surface area (Å²) in [6.45, 7) is 3.05. The average Bonchev–Trinajstić information content (AvgIpc) is 3.13. The number of allylic oxidation sites excluding steroid dienone is 1. The lowest BCUT2D eigenvalue weighted by molar-refractivity contribution is 0.613. The first-order valence-electron chi connectivity index (χ1n) is 6.48. The lowest BCUT2D eigenvalue weighted by Gasteiger charge is -2.05. The Bertz CT molecular complexity index is 438. The fourth-order valence-electron chi connectivity index (χ4n) is 1.94. The summed E-state index contributed by atoms with van der Waals surface area (Å²) in [7, 11) is 0. The fraction of sp³-hybridized carbons (Fsp3) is 0.467. The van der Waals surface area contributed by atoms with Crippen molar-refractivity contribution in [3.8, 4) is 0 Å². The maximum atomic E-state index is 13.5. The molecule has 1 N–H and O–H groups in total. The molecule has 0 radical (unpaired) electrons. The second-order valence-electron chi connectivity index (χ2n) is 4.98. The van der Waals surface area contributed by atoms with Crippen molar-refractivity contribution in [3.05, 3.63) is 46.3 Å². The Kier molecular flexibility index (Phi) is 4.79. The lowest BCUT2D eigenvalue weighted by atomic mass is 10.0. The summed E-state index contributed by atoms with van der Waals surface area (Å²) in [5.41, 5.74) is 1.86. The van der Waals surface area contributed by atoms with E-state index in [-0.39, 0.29) is 5.82 Å². The van der Waals surface area contributed by atoms with E-state index in [0.717, 1.165) is 19.0 Å². The van der Waals surface area contributed by atoms with E-state index in [4.69, 9.17) is 11.6 Å². The van der Waals surface area contributed by atoms with E-state index in [2.05, 4.69) is 11.4 Å². The highest BCUT2D eigenvalue weighted by Gasteiger charge is 2.19. The summed E-state index contributed by atoms with van der Waals surface area (Å²) in [6.07, 6.45) is 6.45. The van der Waals surface area contributed by atoms with E-state index in [9.17, 15) is 4.39 Å². The monoisotopic (exact) mass is 267 g/mol. The Morgan fingerprint density at radius 3 is 3.00 bits per heavy atom. The largest absolute Gasteiger partial charge is 0.314 e. The summed E-state index contributed by atoms with van der Waals surface area (Å²) in [5.74, 6) is -0.178. The van der Waals surface area contributed by atoms with Gasteiger partial charge in [-0.25, -0.2) is 4.39 Å². The Labute approximate surface area is 113 Å². The molecule has 1 aliphatic carbocycles. The van der Waals surface area contributed by atoms with Crippen LogP contribution in [0.5, 0.6) is 0 Å². The van der Waals surface area contributed by atoms with Crippen molar-refractivity contribution in [3.63, 3.8) is 0 Å². The van der Waals surface area contributed by atoms with Crippen molar-refractivity contribution in [2.75, 3.05) is 6.54 Å². The average molecular weight is 268 g/mol. The highest BCUT2D eigenvalue weighted by Crippen LogP contribution is 2.19. The van der Waals surface area contributed by atoms with Gasteiger partial charge in [0.2, 0.25) is 0 Å². The molecule has 1 saturated carbocycles. The Morgan fingerprint density at radius 2 is 2.28 bits per heavy atom. The van der Waals surface area contributed by atoms with E-state index in [1.165, 1.54) is 24.5 Å². The second-order valence-corrected chi connectivity index (χ2v) is 5.42. The maximum absolute atomic E-state index is 13.5. The highest BCUT2D eigenvalue weighted by atomic mass is 35.5. The molecule has 1 fully saturated rings. The molecule has 0 amide bonds. The second kappa shape index (κ2) is 6.35. The van der Waals surface area contributed by atoms with Crippen LogP contribution >= 0.6 is 11.6 Å². The summed E-state index contributed by atoms with van der Waals surface area (Å²) in [6, 6.07) is 5.47. The molecular weight excluding hydrogens is 249 g/mol. The first-order chi connectivity index (χ1) is 8.65. The van der Waals surface area contributed by atoms with Crippen LogP contribution in [0.2, 0.25) is 5.02 Å². The molecule has 0 aliphatic heterocycles. The van der Waals surface area contributed by atoms with Crippen molar-refractivity contribution in [1.29, 1.82) is 0 Å².